The van der Waals surface area contributed by atoms with Crippen molar-refractivity contribution in [3.05, 3.63) is 90.0 Å². The molecule has 0 unspecified atom stereocenters. The molecule has 5 nitrogen and oxygen atoms in total. The van der Waals surface area contributed by atoms with Gasteiger partial charge in [-0.1, -0.05) is 48.5 Å². The van der Waals surface area contributed by atoms with E-state index in [1.165, 1.54) is 0 Å². The Kier molecular flexibility index (Phi) is 4.64. The van der Waals surface area contributed by atoms with Crippen molar-refractivity contribution < 1.29 is 13.9 Å². The van der Waals surface area contributed by atoms with Crippen molar-refractivity contribution >= 4 is 33.5 Å². The Hall–Kier alpha value is -4.12. The number of carbonyl (C=O) groups is 1. The van der Waals surface area contributed by atoms with Crippen molar-refractivity contribution in [3.63, 3.8) is 0 Å². The summed E-state index contributed by atoms with van der Waals surface area (Å²) < 4.78 is 11.4. The summed E-state index contributed by atoms with van der Waals surface area (Å²) >= 11 is 0. The number of hydrogen-bond donors (Lipinski definition) is 1. The molecule has 0 radical (unpaired) electrons. The van der Waals surface area contributed by atoms with Gasteiger partial charge in [-0.25, -0.2) is 4.98 Å². The van der Waals surface area contributed by atoms with Crippen LogP contribution >= 0.6 is 0 Å². The highest BCUT2D eigenvalue weighted by molar-refractivity contribution is 6.07. The molecule has 5 heteroatoms. The molecule has 1 N–H and O–H groups in total. The molecule has 0 aliphatic rings. The van der Waals surface area contributed by atoms with Gasteiger partial charge < -0.3 is 14.5 Å². The Morgan fingerprint density at radius 1 is 0.968 bits per heavy atom. The SMILES string of the molecule is COc1c(C)cccc1C(=O)Nc1ccc2oc(-c3cccc4ccccc34)nc2c1. The third-order valence-electron chi connectivity index (χ3n) is 5.33. The molecule has 0 bridgehead atoms. The van der Waals surface area contributed by atoms with Crippen molar-refractivity contribution in [2.24, 2.45) is 0 Å². The summed E-state index contributed by atoms with van der Waals surface area (Å²) in [7, 11) is 1.56. The third-order valence-corrected chi connectivity index (χ3v) is 5.33. The number of oxazole rings is 1. The second kappa shape index (κ2) is 7.61. The first-order valence-electron chi connectivity index (χ1n) is 9.98. The van der Waals surface area contributed by atoms with E-state index >= 15 is 0 Å². The van der Waals surface area contributed by atoms with Crippen LogP contribution in [0.5, 0.6) is 5.75 Å². The lowest BCUT2D eigenvalue weighted by Gasteiger charge is -2.11. The van der Waals surface area contributed by atoms with E-state index in [0.717, 1.165) is 21.9 Å². The summed E-state index contributed by atoms with van der Waals surface area (Å²) in [5.41, 5.74) is 4.30. The van der Waals surface area contributed by atoms with E-state index in [2.05, 4.69) is 28.5 Å². The number of nitrogens with one attached hydrogen (secondary N) is 1. The Bertz CT molecular complexity index is 1430. The molecule has 0 saturated heterocycles. The zero-order valence-electron chi connectivity index (χ0n) is 17.2. The van der Waals surface area contributed by atoms with E-state index in [4.69, 9.17) is 9.15 Å². The van der Waals surface area contributed by atoms with Gasteiger partial charge in [0.15, 0.2) is 5.58 Å². The van der Waals surface area contributed by atoms with Gasteiger partial charge in [0.1, 0.15) is 11.3 Å². The van der Waals surface area contributed by atoms with Gasteiger partial charge in [0.05, 0.1) is 12.7 Å². The van der Waals surface area contributed by atoms with E-state index in [1.54, 1.807) is 19.2 Å². The minimum absolute atomic E-state index is 0.238. The molecule has 1 aromatic heterocycles. The maximum Gasteiger partial charge on any atom is 0.259 e. The number of rotatable bonds is 4. The summed E-state index contributed by atoms with van der Waals surface area (Å²) in [6, 6.07) is 25.1. The first kappa shape index (κ1) is 18.9. The highest BCUT2D eigenvalue weighted by atomic mass is 16.5. The topological polar surface area (TPSA) is 64.4 Å². The molecule has 0 atom stereocenters. The lowest BCUT2D eigenvalue weighted by Crippen LogP contribution is -2.13. The molecular weight excluding hydrogens is 388 g/mol. The monoisotopic (exact) mass is 408 g/mol. The minimum Gasteiger partial charge on any atom is -0.496 e. The Balaban J connectivity index is 1.49. The number of carbonyl (C=O) groups excluding carboxylic acids is 1. The fraction of sp³-hybridized carbons (Fsp3) is 0.0769. The van der Waals surface area contributed by atoms with Crippen LogP contribution < -0.4 is 10.1 Å². The number of nitrogens with zero attached hydrogens (tertiary/aromatic N) is 1. The molecule has 4 aromatic carbocycles. The first-order chi connectivity index (χ1) is 15.1. The summed E-state index contributed by atoms with van der Waals surface area (Å²) in [5, 5.41) is 5.14. The number of benzene rings is 4. The summed E-state index contributed by atoms with van der Waals surface area (Å²) in [6.45, 7) is 1.91. The van der Waals surface area contributed by atoms with Gasteiger partial charge >= 0.3 is 0 Å². The van der Waals surface area contributed by atoms with Crippen molar-refractivity contribution in [3.8, 4) is 17.2 Å². The lowest BCUT2D eigenvalue weighted by atomic mass is 10.0. The van der Waals surface area contributed by atoms with Gasteiger partial charge in [0.2, 0.25) is 5.89 Å². The highest BCUT2D eigenvalue weighted by Gasteiger charge is 2.16. The van der Waals surface area contributed by atoms with E-state index < -0.39 is 0 Å². The quantitative estimate of drug-likeness (QED) is 0.384. The molecule has 152 valence electrons. The fourth-order valence-corrected chi connectivity index (χ4v) is 3.83. The van der Waals surface area contributed by atoms with Crippen molar-refractivity contribution in [2.45, 2.75) is 6.92 Å². The second-order valence-corrected chi connectivity index (χ2v) is 7.34. The molecule has 1 amide bonds. The van der Waals surface area contributed by atoms with Gasteiger partial charge in [0.25, 0.3) is 5.91 Å². The number of amides is 1. The van der Waals surface area contributed by atoms with Crippen LogP contribution in [0.25, 0.3) is 33.3 Å². The average molecular weight is 408 g/mol. The van der Waals surface area contributed by atoms with Gasteiger partial charge in [-0.3, -0.25) is 4.79 Å². The Morgan fingerprint density at radius 3 is 2.65 bits per heavy atom. The molecular formula is C26H20N2O3. The van der Waals surface area contributed by atoms with Crippen LogP contribution in [0.2, 0.25) is 0 Å². The second-order valence-electron chi connectivity index (χ2n) is 7.34. The van der Waals surface area contributed by atoms with Gasteiger partial charge in [-0.2, -0.15) is 0 Å². The predicted molar refractivity (Wildman–Crippen MR) is 123 cm³/mol. The Morgan fingerprint density at radius 2 is 1.77 bits per heavy atom. The smallest absolute Gasteiger partial charge is 0.259 e. The van der Waals surface area contributed by atoms with Crippen LogP contribution in [0.4, 0.5) is 5.69 Å². The average Bonchev–Trinajstić information content (AvgIpc) is 3.21. The standard InChI is InChI=1S/C26H20N2O3/c1-16-7-5-12-21(24(16)30-2)25(29)27-18-13-14-23-22(15-18)28-26(31-23)20-11-6-9-17-8-3-4-10-19(17)20/h3-15H,1-2H3,(H,27,29). The molecule has 0 fully saturated rings. The van der Waals surface area contributed by atoms with Crippen LogP contribution in [-0.4, -0.2) is 18.0 Å². The molecule has 5 aromatic rings. The van der Waals surface area contributed by atoms with E-state index in [1.807, 2.05) is 55.5 Å². The van der Waals surface area contributed by atoms with Crippen molar-refractivity contribution in [1.82, 2.24) is 4.98 Å². The number of para-hydroxylation sites is 1. The number of aryl methyl sites for hydroxylation is 1. The van der Waals surface area contributed by atoms with Crippen molar-refractivity contribution in [2.75, 3.05) is 12.4 Å². The number of fused-ring (bicyclic) bond motifs is 2. The number of hydrogen-bond acceptors (Lipinski definition) is 4. The molecule has 0 aliphatic heterocycles. The van der Waals surface area contributed by atoms with Crippen LogP contribution in [0, 0.1) is 6.92 Å². The van der Waals surface area contributed by atoms with E-state index in [-0.39, 0.29) is 5.91 Å². The maximum atomic E-state index is 12.8. The minimum atomic E-state index is -0.238. The van der Waals surface area contributed by atoms with Gasteiger partial charge in [-0.05, 0) is 53.6 Å². The van der Waals surface area contributed by atoms with E-state index in [0.29, 0.717) is 34.0 Å². The van der Waals surface area contributed by atoms with Gasteiger partial charge in [-0.15, -0.1) is 0 Å². The zero-order valence-corrected chi connectivity index (χ0v) is 17.2. The predicted octanol–water partition coefficient (Wildman–Crippen LogP) is 6.22. The molecule has 0 aliphatic carbocycles. The summed E-state index contributed by atoms with van der Waals surface area (Å²) in [5.74, 6) is 0.883. The van der Waals surface area contributed by atoms with Crippen molar-refractivity contribution in [1.29, 1.82) is 0 Å². The number of aromatic nitrogens is 1. The van der Waals surface area contributed by atoms with Crippen LogP contribution in [0.3, 0.4) is 0 Å². The molecule has 31 heavy (non-hydrogen) atoms. The summed E-state index contributed by atoms with van der Waals surface area (Å²) in [6.07, 6.45) is 0. The van der Waals surface area contributed by atoms with Crippen LogP contribution in [0.15, 0.2) is 83.3 Å². The van der Waals surface area contributed by atoms with Crippen LogP contribution in [-0.2, 0) is 0 Å². The lowest BCUT2D eigenvalue weighted by molar-refractivity contribution is 0.102. The van der Waals surface area contributed by atoms with E-state index in [9.17, 15) is 4.79 Å². The highest BCUT2D eigenvalue weighted by Crippen LogP contribution is 2.31. The normalized spacial score (nSPS) is 11.0. The number of methoxy groups -OCH3 is 1. The third kappa shape index (κ3) is 3.40. The fourth-order valence-electron chi connectivity index (χ4n) is 3.83. The largest absolute Gasteiger partial charge is 0.496 e. The molecule has 1 heterocycles. The number of ether oxygens (including phenoxy) is 1. The summed E-state index contributed by atoms with van der Waals surface area (Å²) in [4.78, 5) is 17.5. The Labute approximate surface area is 179 Å². The molecule has 0 saturated carbocycles. The van der Waals surface area contributed by atoms with Crippen LogP contribution in [0.1, 0.15) is 15.9 Å². The first-order valence-corrected chi connectivity index (χ1v) is 9.98. The maximum absolute atomic E-state index is 12.8. The number of anilines is 1. The zero-order chi connectivity index (χ0) is 21.4. The molecule has 0 spiro atoms. The van der Waals surface area contributed by atoms with Gasteiger partial charge in [0, 0.05) is 11.3 Å². The molecule has 5 rings (SSSR count).